The van der Waals surface area contributed by atoms with Gasteiger partial charge < -0.3 is 14.5 Å². The number of halogens is 3. The summed E-state index contributed by atoms with van der Waals surface area (Å²) in [5.74, 6) is 1.31. The van der Waals surface area contributed by atoms with Crippen molar-refractivity contribution in [3.63, 3.8) is 0 Å². The maximum absolute atomic E-state index is 13.3. The van der Waals surface area contributed by atoms with Gasteiger partial charge in [-0.15, -0.1) is 0 Å². The molecule has 0 aromatic carbocycles. The minimum absolute atomic E-state index is 0.0104. The molecule has 0 saturated heterocycles. The number of carbonyl (C=O) groups is 1. The van der Waals surface area contributed by atoms with Crippen LogP contribution in [0.4, 0.5) is 13.2 Å². The zero-order valence-electron chi connectivity index (χ0n) is 17.0. The summed E-state index contributed by atoms with van der Waals surface area (Å²) in [4.78, 5) is 14.9. The highest BCUT2D eigenvalue weighted by Gasteiger charge is 2.55. The smallest absolute Gasteiger partial charge is 0.375 e. The van der Waals surface area contributed by atoms with Crippen molar-refractivity contribution >= 4 is 5.91 Å². The summed E-state index contributed by atoms with van der Waals surface area (Å²) >= 11 is 0. The SMILES string of the molecule is C[C@H]1CN(C(=O)[C@@H]2CC[C@@H]3CCCC[C@@H]3C2)Cc2onc([C@@](C)(O)C(F)(F)F)c21. The fourth-order valence-electron chi connectivity index (χ4n) is 5.62. The minimum Gasteiger partial charge on any atom is -0.375 e. The molecule has 2 heterocycles. The van der Waals surface area contributed by atoms with Crippen molar-refractivity contribution in [3.8, 4) is 0 Å². The molecule has 162 valence electrons. The predicted molar refractivity (Wildman–Crippen MR) is 98.7 cm³/mol. The van der Waals surface area contributed by atoms with Crippen molar-refractivity contribution in [2.45, 2.75) is 83.0 Å². The molecule has 3 aliphatic rings. The first-order chi connectivity index (χ1) is 13.6. The standard InChI is InChI=1S/C21H29F3N2O3/c1-12-10-26(19(27)15-8-7-13-5-3-4-6-14(13)9-15)11-16-17(12)18(25-29-16)20(2,28)21(22,23)24/h12-15,28H,3-11H2,1-2H3/t12-,13-,14+,15+,20+/m0/s1. The van der Waals surface area contributed by atoms with Gasteiger partial charge in [0.05, 0.1) is 6.54 Å². The molecule has 2 saturated carbocycles. The van der Waals surface area contributed by atoms with Crippen LogP contribution < -0.4 is 0 Å². The van der Waals surface area contributed by atoms with Gasteiger partial charge in [-0.1, -0.05) is 37.8 Å². The van der Waals surface area contributed by atoms with E-state index in [4.69, 9.17) is 4.52 Å². The van der Waals surface area contributed by atoms with E-state index in [-0.39, 0.29) is 35.6 Å². The van der Waals surface area contributed by atoms with Crippen LogP contribution in [0, 0.1) is 17.8 Å². The van der Waals surface area contributed by atoms with Gasteiger partial charge >= 0.3 is 6.18 Å². The molecule has 29 heavy (non-hydrogen) atoms. The van der Waals surface area contributed by atoms with Crippen molar-refractivity contribution in [3.05, 3.63) is 17.0 Å². The number of fused-ring (bicyclic) bond motifs is 2. The van der Waals surface area contributed by atoms with Crippen LogP contribution in [-0.4, -0.2) is 33.8 Å². The van der Waals surface area contributed by atoms with Gasteiger partial charge in [-0.25, -0.2) is 0 Å². The number of alkyl halides is 3. The molecule has 1 N–H and O–H groups in total. The molecule has 1 aromatic rings. The topological polar surface area (TPSA) is 66.6 Å². The van der Waals surface area contributed by atoms with Crippen LogP contribution in [0.5, 0.6) is 0 Å². The van der Waals surface area contributed by atoms with Crippen molar-refractivity contribution < 1.29 is 27.6 Å². The van der Waals surface area contributed by atoms with E-state index >= 15 is 0 Å². The third kappa shape index (κ3) is 3.57. The van der Waals surface area contributed by atoms with Crippen LogP contribution >= 0.6 is 0 Å². The van der Waals surface area contributed by atoms with Gasteiger partial charge in [0.15, 0.2) is 5.76 Å². The highest BCUT2D eigenvalue weighted by atomic mass is 19.4. The predicted octanol–water partition coefficient (Wildman–Crippen LogP) is 4.50. The van der Waals surface area contributed by atoms with E-state index in [2.05, 4.69) is 5.16 Å². The lowest BCUT2D eigenvalue weighted by Gasteiger charge is -2.41. The average molecular weight is 414 g/mol. The van der Waals surface area contributed by atoms with Gasteiger partial charge in [-0.05, 0) is 38.0 Å². The molecule has 0 spiro atoms. The fraction of sp³-hybridized carbons (Fsp3) is 0.810. The Balaban J connectivity index is 1.50. The second kappa shape index (κ2) is 7.29. The summed E-state index contributed by atoms with van der Waals surface area (Å²) in [5, 5.41) is 13.6. The lowest BCUT2D eigenvalue weighted by Crippen LogP contribution is -2.44. The number of hydrogen-bond donors (Lipinski definition) is 1. The van der Waals surface area contributed by atoms with E-state index in [0.717, 1.165) is 25.2 Å². The largest absolute Gasteiger partial charge is 0.422 e. The van der Waals surface area contributed by atoms with Crippen LogP contribution in [0.1, 0.15) is 81.7 Å². The molecule has 8 heteroatoms. The molecule has 0 radical (unpaired) electrons. The summed E-state index contributed by atoms with van der Waals surface area (Å²) in [5.41, 5.74) is -3.28. The number of hydrogen-bond acceptors (Lipinski definition) is 4. The van der Waals surface area contributed by atoms with Gasteiger partial charge in [0, 0.05) is 23.9 Å². The van der Waals surface area contributed by atoms with Gasteiger partial charge in [0.25, 0.3) is 0 Å². The molecule has 1 aromatic heterocycles. The Labute approximate surface area is 168 Å². The highest BCUT2D eigenvalue weighted by molar-refractivity contribution is 5.79. The Bertz CT molecular complexity index is 774. The molecule has 2 aliphatic carbocycles. The van der Waals surface area contributed by atoms with Crippen LogP contribution in [0.2, 0.25) is 0 Å². The third-order valence-electron chi connectivity index (χ3n) is 7.34. The fourth-order valence-corrected chi connectivity index (χ4v) is 5.62. The Hall–Kier alpha value is -1.57. The van der Waals surface area contributed by atoms with E-state index in [1.165, 1.54) is 25.7 Å². The Kier molecular flexibility index (Phi) is 5.20. The van der Waals surface area contributed by atoms with Crippen LogP contribution in [0.15, 0.2) is 4.52 Å². The normalized spacial score (nSPS) is 32.3. The number of nitrogens with zero attached hydrogens (tertiary/aromatic N) is 2. The zero-order chi connectivity index (χ0) is 21.0. The van der Waals surface area contributed by atoms with Crippen molar-refractivity contribution in [1.29, 1.82) is 0 Å². The van der Waals surface area contributed by atoms with Crippen LogP contribution in [0.25, 0.3) is 0 Å². The summed E-state index contributed by atoms with van der Waals surface area (Å²) in [7, 11) is 0. The highest BCUT2D eigenvalue weighted by Crippen LogP contribution is 2.45. The number of aromatic nitrogens is 1. The van der Waals surface area contributed by atoms with Crippen LogP contribution in [-0.2, 0) is 16.9 Å². The zero-order valence-corrected chi connectivity index (χ0v) is 17.0. The molecule has 4 rings (SSSR count). The first-order valence-corrected chi connectivity index (χ1v) is 10.7. The van der Waals surface area contributed by atoms with Crippen LogP contribution in [0.3, 0.4) is 0 Å². The Morgan fingerprint density at radius 1 is 1.17 bits per heavy atom. The van der Waals surface area contributed by atoms with Gasteiger partial charge in [0.2, 0.25) is 11.5 Å². The average Bonchev–Trinajstić information content (AvgIpc) is 3.11. The second-order valence-electron chi connectivity index (χ2n) is 9.37. The summed E-state index contributed by atoms with van der Waals surface area (Å²) in [6.07, 6.45) is 3.06. The Morgan fingerprint density at radius 3 is 2.55 bits per heavy atom. The summed E-state index contributed by atoms with van der Waals surface area (Å²) in [6, 6.07) is 0. The van der Waals surface area contributed by atoms with Gasteiger partial charge in [-0.3, -0.25) is 4.79 Å². The number of amides is 1. The van der Waals surface area contributed by atoms with Crippen molar-refractivity contribution in [1.82, 2.24) is 10.1 Å². The lowest BCUT2D eigenvalue weighted by atomic mass is 9.67. The molecule has 5 atom stereocenters. The molecule has 0 bridgehead atoms. The molecular formula is C21H29F3N2O3. The molecule has 0 unspecified atom stereocenters. The maximum Gasteiger partial charge on any atom is 0.422 e. The van der Waals surface area contributed by atoms with E-state index < -0.39 is 17.5 Å². The summed E-state index contributed by atoms with van der Waals surface area (Å²) in [6.45, 7) is 2.88. The number of rotatable bonds is 2. The maximum atomic E-state index is 13.3. The first kappa shape index (κ1) is 20.7. The number of carbonyl (C=O) groups excluding carboxylic acids is 1. The molecular weight excluding hydrogens is 385 g/mol. The molecule has 1 amide bonds. The second-order valence-corrected chi connectivity index (χ2v) is 9.37. The third-order valence-corrected chi connectivity index (χ3v) is 7.34. The summed E-state index contributed by atoms with van der Waals surface area (Å²) < 4.78 is 45.0. The van der Waals surface area contributed by atoms with E-state index in [1.54, 1.807) is 11.8 Å². The quantitative estimate of drug-likeness (QED) is 0.774. The lowest BCUT2D eigenvalue weighted by molar-refractivity contribution is -0.261. The Morgan fingerprint density at radius 2 is 1.86 bits per heavy atom. The molecule has 5 nitrogen and oxygen atoms in total. The number of aliphatic hydroxyl groups is 1. The van der Waals surface area contributed by atoms with Crippen molar-refractivity contribution in [2.75, 3.05) is 6.54 Å². The van der Waals surface area contributed by atoms with E-state index in [0.29, 0.717) is 19.4 Å². The van der Waals surface area contributed by atoms with E-state index in [9.17, 15) is 23.1 Å². The molecule has 2 fully saturated rings. The van der Waals surface area contributed by atoms with Gasteiger partial charge in [-0.2, -0.15) is 13.2 Å². The van der Waals surface area contributed by atoms with Crippen molar-refractivity contribution in [2.24, 2.45) is 17.8 Å². The minimum atomic E-state index is -4.86. The monoisotopic (exact) mass is 414 g/mol. The van der Waals surface area contributed by atoms with E-state index in [1.807, 2.05) is 0 Å². The van der Waals surface area contributed by atoms with Gasteiger partial charge in [0.1, 0.15) is 5.69 Å². The molecule has 1 aliphatic heterocycles. The first-order valence-electron chi connectivity index (χ1n) is 10.7.